The van der Waals surface area contributed by atoms with Crippen LogP contribution in [0.1, 0.15) is 14.5 Å². The summed E-state index contributed by atoms with van der Waals surface area (Å²) >= 11 is 7.30. The lowest BCUT2D eigenvalue weighted by atomic mass is 10.3. The Morgan fingerprint density at radius 2 is 2.11 bits per heavy atom. The first kappa shape index (κ1) is 12.9. The molecule has 0 saturated heterocycles. The van der Waals surface area contributed by atoms with E-state index < -0.39 is 0 Å². The average Bonchev–Trinajstić information content (AvgIpc) is 2.86. The number of benzene rings is 1. The van der Waals surface area contributed by atoms with Crippen molar-refractivity contribution < 1.29 is 9.53 Å². The average molecular weight is 283 g/mol. The van der Waals surface area contributed by atoms with Crippen LogP contribution in [-0.2, 0) is 6.61 Å². The van der Waals surface area contributed by atoms with Crippen LogP contribution < -0.4 is 16.0 Å². The highest BCUT2D eigenvalue weighted by molar-refractivity contribution is 7.14. The zero-order valence-corrected chi connectivity index (χ0v) is 10.9. The second kappa shape index (κ2) is 5.86. The van der Waals surface area contributed by atoms with Gasteiger partial charge in [-0.1, -0.05) is 23.7 Å². The zero-order chi connectivity index (χ0) is 13.0. The van der Waals surface area contributed by atoms with Crippen molar-refractivity contribution in [3.05, 3.63) is 51.2 Å². The molecule has 2 rings (SSSR count). The maximum absolute atomic E-state index is 11.3. The zero-order valence-electron chi connectivity index (χ0n) is 9.35. The normalized spacial score (nSPS) is 10.1. The Morgan fingerprint density at radius 3 is 2.83 bits per heavy atom. The van der Waals surface area contributed by atoms with Crippen LogP contribution in [0.25, 0.3) is 0 Å². The van der Waals surface area contributed by atoms with Gasteiger partial charge in [0.1, 0.15) is 12.4 Å². The van der Waals surface area contributed by atoms with Gasteiger partial charge in [0.15, 0.2) is 0 Å². The Kier molecular flexibility index (Phi) is 4.19. The number of ether oxygens (including phenoxy) is 1. The van der Waals surface area contributed by atoms with Crippen LogP contribution >= 0.6 is 22.9 Å². The van der Waals surface area contributed by atoms with E-state index in [9.17, 15) is 4.79 Å². The number of nitrogens with two attached hydrogens (primary N) is 1. The van der Waals surface area contributed by atoms with Gasteiger partial charge in [0.2, 0.25) is 0 Å². The van der Waals surface area contributed by atoms with Crippen LogP contribution in [0.2, 0.25) is 5.02 Å². The minimum atomic E-state index is -0.302. The summed E-state index contributed by atoms with van der Waals surface area (Å²) in [6.07, 6.45) is 0. The molecule has 0 bridgehead atoms. The first-order valence-corrected chi connectivity index (χ1v) is 6.37. The quantitative estimate of drug-likeness (QED) is 0.515. The lowest BCUT2D eigenvalue weighted by molar-refractivity contribution is 0.0957. The van der Waals surface area contributed by atoms with Gasteiger partial charge in [0.05, 0.1) is 9.90 Å². The fraction of sp³-hybridized carbons (Fsp3) is 0.0833. The minimum absolute atomic E-state index is 0.302. The van der Waals surface area contributed by atoms with Crippen LogP contribution in [-0.4, -0.2) is 5.91 Å². The lowest BCUT2D eigenvalue weighted by Crippen LogP contribution is -2.29. The summed E-state index contributed by atoms with van der Waals surface area (Å²) < 4.78 is 5.57. The number of carbonyl (C=O) groups is 1. The van der Waals surface area contributed by atoms with Crippen molar-refractivity contribution in [1.82, 2.24) is 5.43 Å². The fourth-order valence-electron chi connectivity index (χ4n) is 1.36. The second-order valence-corrected chi connectivity index (χ2v) is 5.03. The Morgan fingerprint density at radius 1 is 1.33 bits per heavy atom. The van der Waals surface area contributed by atoms with Gasteiger partial charge < -0.3 is 4.74 Å². The van der Waals surface area contributed by atoms with E-state index >= 15 is 0 Å². The van der Waals surface area contributed by atoms with Crippen molar-refractivity contribution in [3.63, 3.8) is 0 Å². The number of rotatable bonds is 4. The molecular weight excluding hydrogens is 272 g/mol. The van der Waals surface area contributed by atoms with E-state index in [1.807, 2.05) is 18.2 Å². The molecule has 94 valence electrons. The molecule has 1 amide bonds. The number of hydrazine groups is 1. The molecule has 0 aliphatic rings. The molecule has 0 fully saturated rings. The number of nitrogen functional groups attached to an aromatic ring is 1. The van der Waals surface area contributed by atoms with Crippen molar-refractivity contribution in [1.29, 1.82) is 0 Å². The lowest BCUT2D eigenvalue weighted by Gasteiger charge is -2.05. The van der Waals surface area contributed by atoms with Gasteiger partial charge in [-0.25, -0.2) is 5.84 Å². The predicted octanol–water partition coefficient (Wildman–Crippen LogP) is 2.58. The van der Waals surface area contributed by atoms with E-state index in [4.69, 9.17) is 22.2 Å². The molecule has 6 heteroatoms. The molecule has 0 aliphatic carbocycles. The van der Waals surface area contributed by atoms with E-state index in [2.05, 4.69) is 5.43 Å². The van der Waals surface area contributed by atoms with Gasteiger partial charge in [0, 0.05) is 4.88 Å². The summed E-state index contributed by atoms with van der Waals surface area (Å²) in [6, 6.07) is 10.8. The summed E-state index contributed by atoms with van der Waals surface area (Å²) in [5, 5.41) is 0.564. The van der Waals surface area contributed by atoms with Crippen molar-refractivity contribution >= 4 is 28.8 Å². The van der Waals surface area contributed by atoms with Gasteiger partial charge in [-0.3, -0.25) is 10.2 Å². The number of amides is 1. The monoisotopic (exact) mass is 282 g/mol. The van der Waals surface area contributed by atoms with Crippen LogP contribution in [0.4, 0.5) is 0 Å². The summed E-state index contributed by atoms with van der Waals surface area (Å²) in [6.45, 7) is 0.367. The van der Waals surface area contributed by atoms with Crippen LogP contribution in [0.5, 0.6) is 5.75 Å². The largest absolute Gasteiger partial charge is 0.487 e. The number of hydrogen-bond donors (Lipinski definition) is 2. The number of halogens is 1. The van der Waals surface area contributed by atoms with Gasteiger partial charge in [-0.15, -0.1) is 11.3 Å². The summed E-state index contributed by atoms with van der Waals surface area (Å²) in [5.74, 6) is 5.38. The molecule has 0 unspecified atom stereocenters. The third-order valence-corrected chi connectivity index (χ3v) is 3.59. The molecule has 3 N–H and O–H groups in total. The first-order valence-electron chi connectivity index (χ1n) is 5.17. The van der Waals surface area contributed by atoms with Gasteiger partial charge in [-0.2, -0.15) is 0 Å². The maximum Gasteiger partial charge on any atom is 0.275 e. The number of thiophene rings is 1. The van der Waals surface area contributed by atoms with E-state index in [-0.39, 0.29) is 5.91 Å². The summed E-state index contributed by atoms with van der Waals surface area (Å²) in [7, 11) is 0. The Bertz CT molecular complexity index is 557. The molecular formula is C12H11ClN2O2S. The van der Waals surface area contributed by atoms with E-state index in [1.54, 1.807) is 18.2 Å². The molecule has 2 aromatic rings. The molecule has 0 atom stereocenters. The number of hydrogen-bond acceptors (Lipinski definition) is 4. The van der Waals surface area contributed by atoms with Gasteiger partial charge in [0.25, 0.3) is 5.91 Å². The van der Waals surface area contributed by atoms with Crippen molar-refractivity contribution in [2.24, 2.45) is 5.84 Å². The Balaban J connectivity index is 2.01. The highest BCUT2D eigenvalue weighted by Crippen LogP contribution is 2.25. The number of carbonyl (C=O) groups excluding carboxylic acids is 1. The molecule has 0 spiro atoms. The molecule has 0 aliphatic heterocycles. The van der Waals surface area contributed by atoms with Gasteiger partial charge in [-0.05, 0) is 24.3 Å². The first-order chi connectivity index (χ1) is 8.70. The smallest absolute Gasteiger partial charge is 0.275 e. The Hall–Kier alpha value is -1.56. The van der Waals surface area contributed by atoms with Crippen LogP contribution in [0.15, 0.2) is 36.4 Å². The van der Waals surface area contributed by atoms with Crippen LogP contribution in [0, 0.1) is 0 Å². The summed E-state index contributed by atoms with van der Waals surface area (Å²) in [5.41, 5.74) is 2.09. The number of nitrogens with one attached hydrogen (secondary N) is 1. The number of para-hydroxylation sites is 1. The Labute approximate surface area is 113 Å². The molecule has 4 nitrogen and oxygen atoms in total. The van der Waals surface area contributed by atoms with Crippen molar-refractivity contribution in [2.45, 2.75) is 6.61 Å². The fourth-order valence-corrected chi connectivity index (χ4v) is 2.37. The molecule has 1 heterocycles. The van der Waals surface area contributed by atoms with E-state index in [0.717, 1.165) is 4.88 Å². The third kappa shape index (κ3) is 3.01. The second-order valence-electron chi connectivity index (χ2n) is 3.46. The van der Waals surface area contributed by atoms with E-state index in [0.29, 0.717) is 22.3 Å². The predicted molar refractivity (Wildman–Crippen MR) is 71.8 cm³/mol. The SMILES string of the molecule is NNC(=O)c1ccc(COc2ccccc2Cl)s1. The molecule has 0 radical (unpaired) electrons. The topological polar surface area (TPSA) is 64.3 Å². The van der Waals surface area contributed by atoms with Crippen LogP contribution in [0.3, 0.4) is 0 Å². The molecule has 18 heavy (non-hydrogen) atoms. The summed E-state index contributed by atoms with van der Waals surface area (Å²) in [4.78, 5) is 12.7. The van der Waals surface area contributed by atoms with E-state index in [1.165, 1.54) is 11.3 Å². The minimum Gasteiger partial charge on any atom is -0.487 e. The molecule has 0 saturated carbocycles. The molecule has 1 aromatic carbocycles. The maximum atomic E-state index is 11.3. The standard InChI is InChI=1S/C12H11ClN2O2S/c13-9-3-1-2-4-10(9)17-7-8-5-6-11(18-8)12(16)15-14/h1-6H,7,14H2,(H,15,16). The molecule has 1 aromatic heterocycles. The van der Waals surface area contributed by atoms with Crippen molar-refractivity contribution in [3.8, 4) is 5.75 Å². The van der Waals surface area contributed by atoms with Crippen molar-refractivity contribution in [2.75, 3.05) is 0 Å². The van der Waals surface area contributed by atoms with Gasteiger partial charge >= 0.3 is 0 Å². The third-order valence-electron chi connectivity index (χ3n) is 2.22. The highest BCUT2D eigenvalue weighted by atomic mass is 35.5. The highest BCUT2D eigenvalue weighted by Gasteiger charge is 2.08.